The van der Waals surface area contributed by atoms with Crippen molar-refractivity contribution < 1.29 is 10.2 Å². The molecule has 0 fully saturated rings. The van der Waals surface area contributed by atoms with Gasteiger partial charge in [0.25, 0.3) is 0 Å². The highest BCUT2D eigenvalue weighted by Crippen LogP contribution is 2.23. The van der Waals surface area contributed by atoms with Crippen LogP contribution in [0.1, 0.15) is 6.92 Å². The molecule has 62 valence electrons. The molecule has 0 amide bonds. The monoisotopic (exact) mass is 188 g/mol. The minimum absolute atomic E-state index is 1.15. The minimum Gasteiger partial charge on any atom is -0.352 e. The molecule has 0 aromatic carbocycles. The van der Waals surface area contributed by atoms with Crippen LogP contribution in [-0.2, 0) is 0 Å². The maximum Gasteiger partial charge on any atom is 0.241 e. The molecule has 0 aliphatic carbocycles. The van der Waals surface area contributed by atoms with E-state index in [-0.39, 0.29) is 0 Å². The third-order valence-corrected chi connectivity index (χ3v) is 2.15. The molecule has 0 aromatic heterocycles. The third kappa shape index (κ3) is 1.95. The first kappa shape index (κ1) is 10.4. The van der Waals surface area contributed by atoms with Crippen molar-refractivity contribution in [1.29, 1.82) is 0 Å². The van der Waals surface area contributed by atoms with E-state index in [1.54, 1.807) is 0 Å². The Balaban J connectivity index is 4.40. The van der Waals surface area contributed by atoms with Crippen LogP contribution in [0, 0.1) is 0 Å². The van der Waals surface area contributed by atoms with E-state index in [0.29, 0.717) is 0 Å². The van der Waals surface area contributed by atoms with E-state index in [2.05, 4.69) is 0 Å². The number of hydrogen-bond acceptors (Lipinski definition) is 4. The largest absolute Gasteiger partial charge is 0.352 e. The zero-order valence-corrected chi connectivity index (χ0v) is 6.89. The first-order chi connectivity index (χ1) is 4.19. The Hall–Kier alpha value is 0.420. The molecule has 0 aliphatic rings. The van der Waals surface area contributed by atoms with Crippen molar-refractivity contribution in [3.05, 3.63) is 0 Å². The third-order valence-electron chi connectivity index (χ3n) is 1.25. The summed E-state index contributed by atoms with van der Waals surface area (Å²) < 4.78 is 0. The van der Waals surface area contributed by atoms with Crippen molar-refractivity contribution in [2.75, 3.05) is 0 Å². The van der Waals surface area contributed by atoms with E-state index >= 15 is 0 Å². The number of aliphatic hydroxyl groups is 2. The molecule has 1 atom stereocenters. The van der Waals surface area contributed by atoms with E-state index in [1.807, 2.05) is 0 Å². The lowest BCUT2D eigenvalue weighted by atomic mass is 10.0. The molecule has 0 spiro atoms. The molecule has 0 aromatic rings. The van der Waals surface area contributed by atoms with Gasteiger partial charge < -0.3 is 15.9 Å². The van der Waals surface area contributed by atoms with Crippen LogP contribution in [0.2, 0.25) is 0 Å². The summed E-state index contributed by atoms with van der Waals surface area (Å²) in [5.74, 6) is -2.57. The number of halogens is 2. The molecule has 6 heteroatoms. The number of alkyl halides is 2. The second-order valence-corrected chi connectivity index (χ2v) is 3.41. The van der Waals surface area contributed by atoms with Gasteiger partial charge in [0, 0.05) is 0 Å². The van der Waals surface area contributed by atoms with Gasteiger partial charge in [0.2, 0.25) is 5.91 Å². The van der Waals surface area contributed by atoms with Gasteiger partial charge in [-0.2, -0.15) is 0 Å². The molecule has 10 heavy (non-hydrogen) atoms. The molecule has 6 N–H and O–H groups in total. The van der Waals surface area contributed by atoms with Crippen LogP contribution in [0.5, 0.6) is 0 Å². The second-order valence-electron chi connectivity index (χ2n) is 2.31. The average Bonchev–Trinajstić information content (AvgIpc) is 1.62. The van der Waals surface area contributed by atoms with Gasteiger partial charge in [0.15, 0.2) is 0 Å². The summed E-state index contributed by atoms with van der Waals surface area (Å²) in [7, 11) is 0. The predicted molar refractivity (Wildman–Crippen MR) is 39.4 cm³/mol. The lowest BCUT2D eigenvalue weighted by Crippen LogP contribution is -2.67. The van der Waals surface area contributed by atoms with Gasteiger partial charge in [-0.05, 0) is 6.92 Å². The fraction of sp³-hybridized carbons (Fsp3) is 1.00. The summed E-state index contributed by atoms with van der Waals surface area (Å²) in [5.41, 5.74) is 8.44. The van der Waals surface area contributed by atoms with Crippen LogP contribution in [0.15, 0.2) is 0 Å². The molecule has 0 heterocycles. The maximum absolute atomic E-state index is 8.76. The molecular weight excluding hydrogens is 179 g/mol. The number of rotatable bonds is 2. The van der Waals surface area contributed by atoms with Crippen LogP contribution in [0.4, 0.5) is 0 Å². The summed E-state index contributed by atoms with van der Waals surface area (Å²) in [4.78, 5) is -1.15. The lowest BCUT2D eigenvalue weighted by Gasteiger charge is -2.35. The Morgan fingerprint density at radius 2 is 1.60 bits per heavy atom. The molecular formula is C4H10Cl2N2O2. The van der Waals surface area contributed by atoms with Gasteiger partial charge in [-0.1, -0.05) is 0 Å². The van der Waals surface area contributed by atoms with E-state index in [9.17, 15) is 0 Å². The molecule has 4 nitrogen and oxygen atoms in total. The Morgan fingerprint density at radius 3 is 1.60 bits per heavy atom. The zero-order chi connectivity index (χ0) is 8.58. The Morgan fingerprint density at radius 1 is 1.30 bits per heavy atom. The van der Waals surface area contributed by atoms with Crippen LogP contribution >= 0.6 is 23.2 Å². The first-order valence-electron chi connectivity index (χ1n) is 2.50. The number of nitrogens with two attached hydrogens (primary N) is 2. The highest BCUT2D eigenvalue weighted by atomic mass is 35.5. The van der Waals surface area contributed by atoms with Crippen LogP contribution in [-0.4, -0.2) is 26.5 Å². The standard InChI is InChI=1S/C4H10Cl2N2O2/c1-3(7,2(5)6)4(8,9)10/h2,9-10H,7-8H2,1H3. The fourth-order valence-electron chi connectivity index (χ4n) is 0.161. The first-order valence-corrected chi connectivity index (χ1v) is 3.37. The summed E-state index contributed by atoms with van der Waals surface area (Å²) in [6.07, 6.45) is 0. The summed E-state index contributed by atoms with van der Waals surface area (Å²) >= 11 is 10.6. The molecule has 0 bridgehead atoms. The molecule has 0 saturated carbocycles. The van der Waals surface area contributed by atoms with E-state index in [0.717, 1.165) is 0 Å². The molecule has 0 saturated heterocycles. The minimum atomic E-state index is -2.57. The summed E-state index contributed by atoms with van der Waals surface area (Å²) in [5, 5.41) is 17.5. The van der Waals surface area contributed by atoms with Crippen LogP contribution < -0.4 is 11.5 Å². The molecule has 0 aliphatic heterocycles. The SMILES string of the molecule is CC(N)(C(Cl)Cl)C(N)(O)O. The van der Waals surface area contributed by atoms with Crippen LogP contribution in [0.25, 0.3) is 0 Å². The average molecular weight is 189 g/mol. The van der Waals surface area contributed by atoms with Crippen molar-refractivity contribution in [2.45, 2.75) is 23.2 Å². The fourth-order valence-corrected chi connectivity index (χ4v) is 0.482. The second kappa shape index (κ2) is 2.81. The van der Waals surface area contributed by atoms with Crippen molar-refractivity contribution in [2.24, 2.45) is 11.5 Å². The van der Waals surface area contributed by atoms with Crippen LogP contribution in [0.3, 0.4) is 0 Å². The van der Waals surface area contributed by atoms with Gasteiger partial charge in [-0.3, -0.25) is 5.73 Å². The quantitative estimate of drug-likeness (QED) is 0.334. The molecule has 1 unspecified atom stereocenters. The van der Waals surface area contributed by atoms with E-state index < -0.39 is 16.3 Å². The highest BCUT2D eigenvalue weighted by molar-refractivity contribution is 6.45. The summed E-state index contributed by atoms with van der Waals surface area (Å²) in [6.45, 7) is 1.23. The Bertz CT molecular complexity index is 121. The van der Waals surface area contributed by atoms with E-state index in [1.165, 1.54) is 6.92 Å². The maximum atomic E-state index is 8.76. The highest BCUT2D eigenvalue weighted by Gasteiger charge is 2.44. The van der Waals surface area contributed by atoms with Gasteiger partial charge >= 0.3 is 0 Å². The van der Waals surface area contributed by atoms with E-state index in [4.69, 9.17) is 44.9 Å². The van der Waals surface area contributed by atoms with Crippen molar-refractivity contribution in [1.82, 2.24) is 0 Å². The smallest absolute Gasteiger partial charge is 0.241 e. The summed E-state index contributed by atoms with van der Waals surface area (Å²) in [6, 6.07) is 0. The molecule has 0 radical (unpaired) electrons. The van der Waals surface area contributed by atoms with Gasteiger partial charge in [-0.15, -0.1) is 23.2 Å². The lowest BCUT2D eigenvalue weighted by molar-refractivity contribution is -0.197. The van der Waals surface area contributed by atoms with Crippen molar-refractivity contribution in [3.63, 3.8) is 0 Å². The Kier molecular flexibility index (Phi) is 2.93. The van der Waals surface area contributed by atoms with Gasteiger partial charge in [-0.25, -0.2) is 0 Å². The normalized spacial score (nSPS) is 19.2. The zero-order valence-electron chi connectivity index (χ0n) is 5.38. The topological polar surface area (TPSA) is 92.5 Å². The predicted octanol–water partition coefficient (Wildman–Crippen LogP) is -0.895. The molecule has 0 rings (SSSR count). The number of hydrogen-bond donors (Lipinski definition) is 4. The Labute approximate surface area is 68.7 Å². The van der Waals surface area contributed by atoms with Gasteiger partial charge in [0.1, 0.15) is 10.4 Å². The van der Waals surface area contributed by atoms with Gasteiger partial charge in [0.05, 0.1) is 0 Å². The van der Waals surface area contributed by atoms with Crippen molar-refractivity contribution >= 4 is 23.2 Å². The van der Waals surface area contributed by atoms with Crippen molar-refractivity contribution in [3.8, 4) is 0 Å².